The van der Waals surface area contributed by atoms with E-state index in [4.69, 9.17) is 10.2 Å². The number of nitrogens with zero attached hydrogens (tertiary/aromatic N) is 1. The van der Waals surface area contributed by atoms with Gasteiger partial charge in [-0.3, -0.25) is 4.79 Å². The highest BCUT2D eigenvalue weighted by molar-refractivity contribution is 5.87. The quantitative estimate of drug-likeness (QED) is 0.761. The zero-order chi connectivity index (χ0) is 16.3. The molecule has 6 nitrogen and oxygen atoms in total. The van der Waals surface area contributed by atoms with Gasteiger partial charge in [-0.05, 0) is 24.6 Å². The number of carboxylic acids is 1. The molecule has 6 heteroatoms. The van der Waals surface area contributed by atoms with Crippen LogP contribution in [0.15, 0.2) is 41.2 Å². The summed E-state index contributed by atoms with van der Waals surface area (Å²) in [5, 5.41) is 27.7. The molecule has 1 atom stereocenters. The van der Waals surface area contributed by atoms with Crippen LogP contribution < -0.4 is 5.56 Å². The normalized spacial score (nSPS) is 12.1. The molecule has 3 N–H and O–H groups in total. The number of hydrogen-bond acceptors (Lipinski definition) is 4. The number of aromatic carboxylic acids is 1. The molecule has 1 heterocycles. The van der Waals surface area contributed by atoms with Gasteiger partial charge in [-0.25, -0.2) is 4.79 Å². The van der Waals surface area contributed by atoms with E-state index in [0.717, 1.165) is 11.1 Å². The zero-order valence-electron chi connectivity index (χ0n) is 12.1. The number of aromatic nitrogens is 1. The predicted octanol–water partition coefficient (Wildman–Crippen LogP) is 0.875. The molecule has 0 aliphatic carbocycles. The molecular formula is C16H17NO5. The van der Waals surface area contributed by atoms with Crippen molar-refractivity contribution in [1.82, 2.24) is 4.57 Å². The largest absolute Gasteiger partial charge is 0.477 e. The second kappa shape index (κ2) is 6.55. The van der Waals surface area contributed by atoms with Gasteiger partial charge in [0.15, 0.2) is 0 Å². The second-order valence-corrected chi connectivity index (χ2v) is 5.06. The Kier molecular flexibility index (Phi) is 4.75. The topological polar surface area (TPSA) is 99.8 Å². The molecular weight excluding hydrogens is 286 g/mol. The van der Waals surface area contributed by atoms with E-state index < -0.39 is 24.2 Å². The standard InChI is InChI=1S/C16H17NO5/c1-10-2-4-11(5-3-10)14-7-6-13(16(21)22)15(20)17(14)8-12(19)9-18/h2-7,12,18-19H,8-9H2,1H3,(H,21,22). The van der Waals surface area contributed by atoms with E-state index in [9.17, 15) is 14.7 Å². The van der Waals surface area contributed by atoms with Gasteiger partial charge in [-0.1, -0.05) is 29.8 Å². The van der Waals surface area contributed by atoms with E-state index in [0.29, 0.717) is 5.69 Å². The molecule has 2 rings (SSSR count). The van der Waals surface area contributed by atoms with Crippen LogP contribution in [0.2, 0.25) is 0 Å². The lowest BCUT2D eigenvalue weighted by Crippen LogP contribution is -2.32. The summed E-state index contributed by atoms with van der Waals surface area (Å²) in [6.07, 6.45) is -1.15. The van der Waals surface area contributed by atoms with Gasteiger partial charge in [0, 0.05) is 0 Å². The summed E-state index contributed by atoms with van der Waals surface area (Å²) < 4.78 is 1.18. The first kappa shape index (κ1) is 15.9. The van der Waals surface area contributed by atoms with Crippen LogP contribution in [0.3, 0.4) is 0 Å². The van der Waals surface area contributed by atoms with E-state index in [1.54, 1.807) is 0 Å². The highest BCUT2D eigenvalue weighted by Crippen LogP contribution is 2.19. The number of carbonyl (C=O) groups is 1. The van der Waals surface area contributed by atoms with Gasteiger partial charge in [0.25, 0.3) is 5.56 Å². The third-order valence-electron chi connectivity index (χ3n) is 3.36. The first-order valence-electron chi connectivity index (χ1n) is 6.77. The maximum atomic E-state index is 12.3. The van der Waals surface area contributed by atoms with Gasteiger partial charge < -0.3 is 19.9 Å². The third-order valence-corrected chi connectivity index (χ3v) is 3.36. The summed E-state index contributed by atoms with van der Waals surface area (Å²) >= 11 is 0. The Hall–Kier alpha value is -2.44. The summed E-state index contributed by atoms with van der Waals surface area (Å²) in [4.78, 5) is 23.4. The van der Waals surface area contributed by atoms with Crippen LogP contribution in [-0.4, -0.2) is 38.6 Å². The molecule has 116 valence electrons. The summed E-state index contributed by atoms with van der Waals surface area (Å²) in [6, 6.07) is 10.1. The van der Waals surface area contributed by atoms with Crippen molar-refractivity contribution >= 4 is 5.97 Å². The van der Waals surface area contributed by atoms with Gasteiger partial charge in [0.1, 0.15) is 5.56 Å². The van der Waals surface area contributed by atoms with E-state index >= 15 is 0 Å². The monoisotopic (exact) mass is 303 g/mol. The highest BCUT2D eigenvalue weighted by Gasteiger charge is 2.17. The SMILES string of the molecule is Cc1ccc(-c2ccc(C(=O)O)c(=O)n2CC(O)CO)cc1. The predicted molar refractivity (Wildman–Crippen MR) is 80.9 cm³/mol. The van der Waals surface area contributed by atoms with E-state index in [1.165, 1.54) is 16.7 Å². The maximum absolute atomic E-state index is 12.3. The van der Waals surface area contributed by atoms with Gasteiger partial charge in [0.05, 0.1) is 24.9 Å². The molecule has 2 aromatic rings. The van der Waals surface area contributed by atoms with Crippen LogP contribution >= 0.6 is 0 Å². The molecule has 0 bridgehead atoms. The first-order chi connectivity index (χ1) is 10.4. The second-order valence-electron chi connectivity index (χ2n) is 5.06. The minimum atomic E-state index is -1.33. The smallest absolute Gasteiger partial charge is 0.341 e. The molecule has 0 radical (unpaired) electrons. The Bertz CT molecular complexity index is 733. The van der Waals surface area contributed by atoms with E-state index in [1.807, 2.05) is 31.2 Å². The minimum absolute atomic E-state index is 0.181. The molecule has 0 fully saturated rings. The molecule has 1 aromatic heterocycles. The third kappa shape index (κ3) is 3.24. The number of pyridine rings is 1. The first-order valence-corrected chi connectivity index (χ1v) is 6.77. The zero-order valence-corrected chi connectivity index (χ0v) is 12.1. The molecule has 1 aromatic carbocycles. The molecule has 0 aliphatic rings. The lowest BCUT2D eigenvalue weighted by Gasteiger charge is -2.16. The molecule has 22 heavy (non-hydrogen) atoms. The fourth-order valence-corrected chi connectivity index (χ4v) is 2.17. The average molecular weight is 303 g/mol. The fourth-order valence-electron chi connectivity index (χ4n) is 2.17. The van der Waals surface area contributed by atoms with E-state index in [2.05, 4.69) is 0 Å². The molecule has 0 saturated heterocycles. The van der Waals surface area contributed by atoms with Crippen LogP contribution in [0.1, 0.15) is 15.9 Å². The van der Waals surface area contributed by atoms with Gasteiger partial charge in [-0.15, -0.1) is 0 Å². The Morgan fingerprint density at radius 2 is 1.82 bits per heavy atom. The van der Waals surface area contributed by atoms with Gasteiger partial charge in [0.2, 0.25) is 0 Å². The Morgan fingerprint density at radius 3 is 2.36 bits per heavy atom. The highest BCUT2D eigenvalue weighted by atomic mass is 16.4. The van der Waals surface area contributed by atoms with Crippen molar-refractivity contribution in [2.45, 2.75) is 19.6 Å². The van der Waals surface area contributed by atoms with Crippen LogP contribution in [0.4, 0.5) is 0 Å². The van der Waals surface area contributed by atoms with Crippen molar-refractivity contribution in [3.05, 3.63) is 57.9 Å². The Balaban J connectivity index is 2.62. The summed E-state index contributed by atoms with van der Waals surface area (Å²) in [5.41, 5.74) is 1.18. The molecule has 0 saturated carbocycles. The molecule has 0 aliphatic heterocycles. The lowest BCUT2D eigenvalue weighted by atomic mass is 10.1. The van der Waals surface area contributed by atoms with Crippen molar-refractivity contribution in [2.24, 2.45) is 0 Å². The fraction of sp³-hybridized carbons (Fsp3) is 0.250. The number of benzene rings is 1. The maximum Gasteiger partial charge on any atom is 0.341 e. The summed E-state index contributed by atoms with van der Waals surface area (Å²) in [6.45, 7) is 1.23. The van der Waals surface area contributed by atoms with Crippen molar-refractivity contribution < 1.29 is 20.1 Å². The van der Waals surface area contributed by atoms with E-state index in [-0.39, 0.29) is 12.1 Å². The molecule has 0 spiro atoms. The average Bonchev–Trinajstić information content (AvgIpc) is 2.49. The van der Waals surface area contributed by atoms with Crippen molar-refractivity contribution in [2.75, 3.05) is 6.61 Å². The van der Waals surface area contributed by atoms with Crippen molar-refractivity contribution in [3.8, 4) is 11.3 Å². The van der Waals surface area contributed by atoms with Gasteiger partial charge in [-0.2, -0.15) is 0 Å². The number of aliphatic hydroxyl groups is 2. The summed E-state index contributed by atoms with van der Waals surface area (Å²) in [7, 11) is 0. The molecule has 0 amide bonds. The lowest BCUT2D eigenvalue weighted by molar-refractivity contribution is 0.0688. The number of rotatable bonds is 5. The van der Waals surface area contributed by atoms with Crippen LogP contribution in [-0.2, 0) is 6.54 Å². The van der Waals surface area contributed by atoms with Crippen LogP contribution in [0.25, 0.3) is 11.3 Å². The van der Waals surface area contributed by atoms with Crippen LogP contribution in [0, 0.1) is 6.92 Å². The van der Waals surface area contributed by atoms with Crippen LogP contribution in [0.5, 0.6) is 0 Å². The minimum Gasteiger partial charge on any atom is -0.477 e. The van der Waals surface area contributed by atoms with Gasteiger partial charge >= 0.3 is 5.97 Å². The number of aryl methyl sites for hydroxylation is 1. The Morgan fingerprint density at radius 1 is 1.18 bits per heavy atom. The van der Waals surface area contributed by atoms with Crippen molar-refractivity contribution in [3.63, 3.8) is 0 Å². The number of aliphatic hydroxyl groups excluding tert-OH is 2. The Labute approximate surface area is 126 Å². The number of hydrogen-bond donors (Lipinski definition) is 3. The summed E-state index contributed by atoms with van der Waals surface area (Å²) in [5.74, 6) is -1.33. The number of carboxylic acid groups (broad SMARTS) is 1. The molecule has 1 unspecified atom stereocenters. The van der Waals surface area contributed by atoms with Crippen molar-refractivity contribution in [1.29, 1.82) is 0 Å².